The number of nitrogens with one attached hydrogen (secondary N) is 1. The van der Waals surface area contributed by atoms with Crippen LogP contribution in [0.3, 0.4) is 0 Å². The number of anilines is 2. The quantitative estimate of drug-likeness (QED) is 0.859. The highest BCUT2D eigenvalue weighted by Crippen LogP contribution is 2.25. The molecule has 0 saturated carbocycles. The van der Waals surface area contributed by atoms with Gasteiger partial charge in [-0.2, -0.15) is 0 Å². The first-order valence-corrected chi connectivity index (χ1v) is 8.65. The molecule has 1 fully saturated rings. The summed E-state index contributed by atoms with van der Waals surface area (Å²) in [5.41, 5.74) is 0.915. The number of aromatic nitrogens is 2. The van der Waals surface area contributed by atoms with E-state index in [1.165, 1.54) is 18.3 Å². The van der Waals surface area contributed by atoms with Gasteiger partial charge in [0.25, 0.3) is 5.91 Å². The summed E-state index contributed by atoms with van der Waals surface area (Å²) in [6.07, 6.45) is -3.37. The van der Waals surface area contributed by atoms with Gasteiger partial charge >= 0.3 is 6.36 Å². The van der Waals surface area contributed by atoms with Crippen molar-refractivity contribution >= 4 is 17.5 Å². The maximum absolute atomic E-state index is 12.5. The Morgan fingerprint density at radius 2 is 1.93 bits per heavy atom. The van der Waals surface area contributed by atoms with Crippen molar-refractivity contribution in [2.45, 2.75) is 13.3 Å². The molecular weight excluding hydrogens is 375 g/mol. The third kappa shape index (κ3) is 5.10. The molecule has 1 amide bonds. The van der Waals surface area contributed by atoms with E-state index in [0.29, 0.717) is 11.6 Å². The van der Waals surface area contributed by atoms with Gasteiger partial charge in [0.2, 0.25) is 5.95 Å². The van der Waals surface area contributed by atoms with Gasteiger partial charge in [-0.25, -0.2) is 9.97 Å². The number of ether oxygens (including phenoxy) is 1. The zero-order chi connectivity index (χ0) is 20.3. The third-order valence-corrected chi connectivity index (χ3v) is 4.32. The van der Waals surface area contributed by atoms with Crippen molar-refractivity contribution in [2.75, 3.05) is 43.4 Å². The largest absolute Gasteiger partial charge is 0.573 e. The van der Waals surface area contributed by atoms with Gasteiger partial charge in [0.05, 0.1) is 11.3 Å². The predicted molar refractivity (Wildman–Crippen MR) is 97.6 cm³/mol. The van der Waals surface area contributed by atoms with Gasteiger partial charge in [-0.05, 0) is 26.1 Å². The summed E-state index contributed by atoms with van der Waals surface area (Å²) in [6, 6.07) is 5.08. The Hall–Kier alpha value is -2.88. The lowest BCUT2D eigenvalue weighted by Gasteiger charge is -2.32. The SMILES string of the molecule is Cc1nc(N2CCN(C)CC2)ncc1C(=O)Nc1cccc(OC(F)(F)F)c1. The standard InChI is InChI=1S/C18H20F3N5O2/c1-12-15(11-22-17(23-12)26-8-6-25(2)7-9-26)16(27)24-13-4-3-5-14(10-13)28-18(19,20)21/h3-5,10-11H,6-9H2,1-2H3,(H,24,27). The average Bonchev–Trinajstić information content (AvgIpc) is 2.61. The Bertz CT molecular complexity index is 851. The molecule has 7 nitrogen and oxygen atoms in total. The summed E-state index contributed by atoms with van der Waals surface area (Å²) in [5.74, 6) is -0.363. The van der Waals surface area contributed by atoms with E-state index >= 15 is 0 Å². The van der Waals surface area contributed by atoms with Gasteiger partial charge in [0, 0.05) is 44.1 Å². The highest BCUT2D eigenvalue weighted by molar-refractivity contribution is 6.04. The van der Waals surface area contributed by atoms with Crippen LogP contribution in [0.25, 0.3) is 0 Å². The molecule has 10 heteroatoms. The molecule has 1 N–H and O–H groups in total. The molecule has 1 saturated heterocycles. The van der Waals surface area contributed by atoms with Crippen LogP contribution < -0.4 is 15.0 Å². The van der Waals surface area contributed by atoms with Crippen LogP contribution >= 0.6 is 0 Å². The van der Waals surface area contributed by atoms with Gasteiger partial charge in [-0.3, -0.25) is 4.79 Å². The number of aryl methyl sites for hydroxylation is 1. The molecule has 150 valence electrons. The molecule has 1 aromatic heterocycles. The van der Waals surface area contributed by atoms with Crippen LogP contribution in [0, 0.1) is 6.92 Å². The van der Waals surface area contributed by atoms with E-state index in [9.17, 15) is 18.0 Å². The first-order chi connectivity index (χ1) is 13.2. The number of amides is 1. The highest BCUT2D eigenvalue weighted by atomic mass is 19.4. The van der Waals surface area contributed by atoms with Gasteiger partial charge in [-0.1, -0.05) is 6.07 Å². The number of alkyl halides is 3. The molecule has 0 radical (unpaired) electrons. The zero-order valence-electron chi connectivity index (χ0n) is 15.5. The monoisotopic (exact) mass is 395 g/mol. The van der Waals surface area contributed by atoms with E-state index in [4.69, 9.17) is 0 Å². The number of benzene rings is 1. The van der Waals surface area contributed by atoms with E-state index in [1.54, 1.807) is 6.92 Å². The molecule has 2 heterocycles. The molecule has 1 aromatic carbocycles. The summed E-state index contributed by atoms with van der Waals surface area (Å²) in [6.45, 7) is 5.10. The lowest BCUT2D eigenvalue weighted by atomic mass is 10.2. The van der Waals surface area contributed by atoms with Crippen molar-refractivity contribution in [1.29, 1.82) is 0 Å². The van der Waals surface area contributed by atoms with Crippen LogP contribution in [0.1, 0.15) is 16.1 Å². The maximum atomic E-state index is 12.5. The van der Waals surface area contributed by atoms with E-state index < -0.39 is 18.0 Å². The topological polar surface area (TPSA) is 70.6 Å². The normalized spacial score (nSPS) is 15.4. The van der Waals surface area contributed by atoms with Gasteiger partial charge in [0.15, 0.2) is 0 Å². The van der Waals surface area contributed by atoms with Crippen LogP contribution in [0.2, 0.25) is 0 Å². The van der Waals surface area contributed by atoms with Crippen LogP contribution in [0.5, 0.6) is 5.75 Å². The number of rotatable bonds is 4. The number of carbonyl (C=O) groups excluding carboxylic acids is 1. The van der Waals surface area contributed by atoms with Gasteiger partial charge in [0.1, 0.15) is 5.75 Å². The molecule has 2 aromatic rings. The summed E-state index contributed by atoms with van der Waals surface area (Å²) >= 11 is 0. The van der Waals surface area contributed by atoms with Crippen molar-refractivity contribution in [2.24, 2.45) is 0 Å². The Kier molecular flexibility index (Phi) is 5.68. The molecule has 28 heavy (non-hydrogen) atoms. The molecule has 3 rings (SSSR count). The van der Waals surface area contributed by atoms with Crippen LogP contribution in [0.15, 0.2) is 30.5 Å². The van der Waals surface area contributed by atoms with Crippen LogP contribution in [-0.2, 0) is 0 Å². The highest BCUT2D eigenvalue weighted by Gasteiger charge is 2.31. The smallest absolute Gasteiger partial charge is 0.406 e. The van der Waals surface area contributed by atoms with Crippen molar-refractivity contribution in [3.8, 4) is 5.75 Å². The van der Waals surface area contributed by atoms with E-state index in [2.05, 4.69) is 24.9 Å². The maximum Gasteiger partial charge on any atom is 0.573 e. The fourth-order valence-electron chi connectivity index (χ4n) is 2.81. The number of nitrogens with zero attached hydrogens (tertiary/aromatic N) is 4. The summed E-state index contributed by atoms with van der Waals surface area (Å²) in [4.78, 5) is 25.4. The predicted octanol–water partition coefficient (Wildman–Crippen LogP) is 2.69. The van der Waals surface area contributed by atoms with Crippen molar-refractivity contribution in [3.05, 3.63) is 41.7 Å². The molecular formula is C18H20F3N5O2. The first-order valence-electron chi connectivity index (χ1n) is 8.65. The minimum Gasteiger partial charge on any atom is -0.406 e. The Balaban J connectivity index is 1.70. The van der Waals surface area contributed by atoms with Crippen molar-refractivity contribution < 1.29 is 22.7 Å². The first kappa shape index (κ1) is 19.9. The molecule has 0 spiro atoms. The number of likely N-dealkylation sites (N-methyl/N-ethyl adjacent to an activating group) is 1. The van der Waals surface area contributed by atoms with Crippen LogP contribution in [0.4, 0.5) is 24.8 Å². The Morgan fingerprint density at radius 3 is 2.57 bits per heavy atom. The van der Waals surface area contributed by atoms with Crippen molar-refractivity contribution in [3.63, 3.8) is 0 Å². The molecule has 0 aliphatic carbocycles. The fraction of sp³-hybridized carbons (Fsp3) is 0.389. The molecule has 1 aliphatic rings. The zero-order valence-corrected chi connectivity index (χ0v) is 15.5. The minimum atomic E-state index is -4.80. The lowest BCUT2D eigenvalue weighted by molar-refractivity contribution is -0.274. The molecule has 0 unspecified atom stereocenters. The van der Waals surface area contributed by atoms with E-state index in [-0.39, 0.29) is 11.3 Å². The summed E-state index contributed by atoms with van der Waals surface area (Å²) in [7, 11) is 2.05. The molecule has 0 atom stereocenters. The second-order valence-corrected chi connectivity index (χ2v) is 6.49. The number of hydrogen-bond acceptors (Lipinski definition) is 6. The molecule has 0 bridgehead atoms. The number of hydrogen-bond donors (Lipinski definition) is 1. The van der Waals surface area contributed by atoms with Crippen LogP contribution in [-0.4, -0.2) is 60.4 Å². The van der Waals surface area contributed by atoms with Crippen molar-refractivity contribution in [1.82, 2.24) is 14.9 Å². The minimum absolute atomic E-state index is 0.175. The number of halogens is 3. The number of piperazine rings is 1. The molecule has 1 aliphatic heterocycles. The number of carbonyl (C=O) groups is 1. The lowest BCUT2D eigenvalue weighted by Crippen LogP contribution is -2.45. The second-order valence-electron chi connectivity index (χ2n) is 6.49. The van der Waals surface area contributed by atoms with E-state index in [1.807, 2.05) is 11.9 Å². The average molecular weight is 395 g/mol. The second kappa shape index (κ2) is 8.01. The summed E-state index contributed by atoms with van der Waals surface area (Å²) in [5, 5.41) is 2.54. The van der Waals surface area contributed by atoms with Gasteiger partial charge in [-0.15, -0.1) is 13.2 Å². The fourth-order valence-corrected chi connectivity index (χ4v) is 2.81. The Morgan fingerprint density at radius 1 is 1.21 bits per heavy atom. The Labute approximate surface area is 160 Å². The summed E-state index contributed by atoms with van der Waals surface area (Å²) < 4.78 is 40.9. The van der Waals surface area contributed by atoms with Gasteiger partial charge < -0.3 is 19.9 Å². The third-order valence-electron chi connectivity index (χ3n) is 4.32. The van der Waals surface area contributed by atoms with E-state index in [0.717, 1.165) is 38.3 Å².